The fourth-order valence-corrected chi connectivity index (χ4v) is 3.87. The van der Waals surface area contributed by atoms with Gasteiger partial charge in [-0.1, -0.05) is 18.2 Å². The number of anilines is 1. The molecule has 152 valence electrons. The summed E-state index contributed by atoms with van der Waals surface area (Å²) in [5.41, 5.74) is 8.17. The summed E-state index contributed by atoms with van der Waals surface area (Å²) in [5.74, 6) is 0.0288. The van der Waals surface area contributed by atoms with Crippen LogP contribution in [-0.2, 0) is 11.3 Å². The maximum absolute atomic E-state index is 13.0. The van der Waals surface area contributed by atoms with Crippen molar-refractivity contribution in [3.63, 3.8) is 0 Å². The van der Waals surface area contributed by atoms with Gasteiger partial charge in [0.05, 0.1) is 23.0 Å². The van der Waals surface area contributed by atoms with Gasteiger partial charge in [0.1, 0.15) is 0 Å². The third-order valence-electron chi connectivity index (χ3n) is 6.01. The van der Waals surface area contributed by atoms with Gasteiger partial charge in [-0.15, -0.1) is 0 Å². The topological polar surface area (TPSA) is 58.9 Å². The highest BCUT2D eigenvalue weighted by atomic mass is 16.5. The molecule has 1 aliphatic rings. The number of nitrogens with one attached hydrogen (secondary N) is 1. The summed E-state index contributed by atoms with van der Waals surface area (Å²) in [5, 5.41) is 3.54. The van der Waals surface area contributed by atoms with Crippen LogP contribution in [0.3, 0.4) is 0 Å². The van der Waals surface area contributed by atoms with Crippen LogP contribution in [0.15, 0.2) is 30.5 Å². The van der Waals surface area contributed by atoms with Crippen molar-refractivity contribution >= 4 is 17.2 Å². The van der Waals surface area contributed by atoms with E-state index in [1.54, 1.807) is 7.11 Å². The molecule has 1 N–H and O–H groups in total. The first kappa shape index (κ1) is 19.5. The molecule has 0 radical (unpaired) electrons. The predicted octanol–water partition coefficient (Wildman–Crippen LogP) is 3.65. The van der Waals surface area contributed by atoms with Crippen molar-refractivity contribution in [3.05, 3.63) is 64.1 Å². The summed E-state index contributed by atoms with van der Waals surface area (Å²) in [4.78, 5) is 19.5. The molecule has 3 aromatic rings. The number of imidazole rings is 1. The number of carbonyl (C=O) groups is 1. The second-order valence-electron chi connectivity index (χ2n) is 7.91. The lowest BCUT2D eigenvalue weighted by molar-refractivity contribution is -0.0192. The van der Waals surface area contributed by atoms with E-state index in [4.69, 9.17) is 9.72 Å². The number of hydrogen-bond donors (Lipinski definition) is 1. The first-order valence-electron chi connectivity index (χ1n) is 9.99. The van der Waals surface area contributed by atoms with Gasteiger partial charge in [0.25, 0.3) is 5.91 Å². The summed E-state index contributed by atoms with van der Waals surface area (Å²) in [6.45, 7) is 10.2. The van der Waals surface area contributed by atoms with E-state index in [0.717, 1.165) is 22.7 Å². The molecule has 1 saturated heterocycles. The minimum atomic E-state index is 0.0288. The molecular weight excluding hydrogens is 364 g/mol. The number of methoxy groups -OCH3 is 1. The minimum absolute atomic E-state index is 0.0288. The largest absolute Gasteiger partial charge is 0.378 e. The number of hydrogen-bond acceptors (Lipinski definition) is 4. The standard InChI is InChI=1S/C23H28N4O2/c1-14-7-6-8-15(2)20(14)10-24-21-9-18(23(28)26-12-19(13-26)29-5)11-27-17(4)16(3)25-22(21)27/h6-9,11,19,24H,10,12-13H2,1-5H3. The average Bonchev–Trinajstić information content (AvgIpc) is 2.95. The van der Waals surface area contributed by atoms with Crippen molar-refractivity contribution < 1.29 is 9.53 Å². The normalized spacial score (nSPS) is 14.3. The predicted molar refractivity (Wildman–Crippen MR) is 115 cm³/mol. The first-order valence-corrected chi connectivity index (χ1v) is 9.99. The number of nitrogens with zero attached hydrogens (tertiary/aromatic N) is 3. The SMILES string of the molecule is COC1CN(C(=O)c2cc(NCc3c(C)cccc3C)c3nc(C)c(C)n3c2)C1. The van der Waals surface area contributed by atoms with Crippen molar-refractivity contribution in [2.45, 2.75) is 40.3 Å². The van der Waals surface area contributed by atoms with Gasteiger partial charge in [-0.05, 0) is 50.5 Å². The average molecular weight is 393 g/mol. The zero-order valence-electron chi connectivity index (χ0n) is 17.7. The number of pyridine rings is 1. The van der Waals surface area contributed by atoms with Crippen LogP contribution in [0.4, 0.5) is 5.69 Å². The lowest BCUT2D eigenvalue weighted by Gasteiger charge is -2.38. The van der Waals surface area contributed by atoms with Crippen LogP contribution in [-0.4, -0.2) is 46.5 Å². The van der Waals surface area contributed by atoms with Crippen LogP contribution in [0.25, 0.3) is 5.65 Å². The molecule has 0 atom stereocenters. The van der Waals surface area contributed by atoms with E-state index in [1.807, 2.05) is 35.4 Å². The van der Waals surface area contributed by atoms with E-state index in [9.17, 15) is 4.79 Å². The van der Waals surface area contributed by atoms with Crippen molar-refractivity contribution in [3.8, 4) is 0 Å². The van der Waals surface area contributed by atoms with Crippen LogP contribution in [0.5, 0.6) is 0 Å². The van der Waals surface area contributed by atoms with Gasteiger partial charge in [-0.25, -0.2) is 4.98 Å². The molecule has 0 unspecified atom stereocenters. The quantitative estimate of drug-likeness (QED) is 0.720. The summed E-state index contributed by atoms with van der Waals surface area (Å²) < 4.78 is 7.32. The molecule has 0 spiro atoms. The molecule has 1 amide bonds. The summed E-state index contributed by atoms with van der Waals surface area (Å²) in [7, 11) is 1.69. The Bertz CT molecular complexity index is 1060. The van der Waals surface area contributed by atoms with Gasteiger partial charge in [-0.3, -0.25) is 4.79 Å². The van der Waals surface area contributed by atoms with Crippen molar-refractivity contribution in [1.29, 1.82) is 0 Å². The molecule has 6 nitrogen and oxygen atoms in total. The van der Waals surface area contributed by atoms with Gasteiger partial charge in [0, 0.05) is 38.6 Å². The Morgan fingerprint density at radius 1 is 1.21 bits per heavy atom. The highest BCUT2D eigenvalue weighted by Crippen LogP contribution is 2.25. The molecule has 4 rings (SSSR count). The summed E-state index contributed by atoms with van der Waals surface area (Å²) in [6, 6.07) is 8.25. The molecule has 1 aliphatic heterocycles. The Morgan fingerprint density at radius 3 is 2.55 bits per heavy atom. The zero-order chi connectivity index (χ0) is 20.7. The highest BCUT2D eigenvalue weighted by molar-refractivity contribution is 5.96. The number of likely N-dealkylation sites (tertiary alicyclic amines) is 1. The molecule has 1 fully saturated rings. The van der Waals surface area contributed by atoms with Crippen molar-refractivity contribution in [1.82, 2.24) is 14.3 Å². The second-order valence-corrected chi connectivity index (χ2v) is 7.91. The maximum Gasteiger partial charge on any atom is 0.255 e. The minimum Gasteiger partial charge on any atom is -0.378 e. The van der Waals surface area contributed by atoms with E-state index in [0.29, 0.717) is 25.2 Å². The number of amides is 1. The number of fused-ring (bicyclic) bond motifs is 1. The van der Waals surface area contributed by atoms with Gasteiger partial charge in [0.2, 0.25) is 0 Å². The number of rotatable bonds is 5. The Balaban J connectivity index is 1.68. The van der Waals surface area contributed by atoms with Crippen molar-refractivity contribution in [2.24, 2.45) is 0 Å². The number of aromatic nitrogens is 2. The monoisotopic (exact) mass is 392 g/mol. The molecule has 0 aliphatic carbocycles. The fraction of sp³-hybridized carbons (Fsp3) is 0.391. The maximum atomic E-state index is 13.0. The van der Waals surface area contributed by atoms with E-state index < -0.39 is 0 Å². The third-order valence-corrected chi connectivity index (χ3v) is 6.01. The molecule has 0 saturated carbocycles. The fourth-order valence-electron chi connectivity index (χ4n) is 3.87. The smallest absolute Gasteiger partial charge is 0.255 e. The summed E-state index contributed by atoms with van der Waals surface area (Å²) in [6.07, 6.45) is 2.04. The Kier molecular flexibility index (Phi) is 5.04. The van der Waals surface area contributed by atoms with E-state index in [2.05, 4.69) is 37.4 Å². The Morgan fingerprint density at radius 2 is 1.90 bits per heavy atom. The number of aryl methyl sites for hydroxylation is 4. The number of benzene rings is 1. The molecule has 3 heterocycles. The van der Waals surface area contributed by atoms with Crippen LogP contribution in [0, 0.1) is 27.7 Å². The highest BCUT2D eigenvalue weighted by Gasteiger charge is 2.31. The molecule has 0 bridgehead atoms. The van der Waals surface area contributed by atoms with Crippen LogP contribution in [0.2, 0.25) is 0 Å². The summed E-state index contributed by atoms with van der Waals surface area (Å²) >= 11 is 0. The van der Waals surface area contributed by atoms with Gasteiger partial charge >= 0.3 is 0 Å². The Hall–Kier alpha value is -2.86. The van der Waals surface area contributed by atoms with Crippen molar-refractivity contribution in [2.75, 3.05) is 25.5 Å². The Labute approximate surface area is 171 Å². The van der Waals surface area contributed by atoms with Gasteiger partial charge in [-0.2, -0.15) is 0 Å². The molecular formula is C23H28N4O2. The number of carbonyl (C=O) groups excluding carboxylic acids is 1. The second kappa shape index (κ2) is 7.52. The zero-order valence-corrected chi connectivity index (χ0v) is 17.7. The van der Waals surface area contributed by atoms with Gasteiger partial charge < -0.3 is 19.4 Å². The number of ether oxygens (including phenoxy) is 1. The van der Waals surface area contributed by atoms with E-state index in [1.165, 1.54) is 16.7 Å². The molecule has 6 heteroatoms. The van der Waals surface area contributed by atoms with E-state index >= 15 is 0 Å². The first-order chi connectivity index (χ1) is 13.9. The molecule has 29 heavy (non-hydrogen) atoms. The lowest BCUT2D eigenvalue weighted by atomic mass is 10.0. The van der Waals surface area contributed by atoms with Crippen LogP contribution in [0.1, 0.15) is 38.4 Å². The third kappa shape index (κ3) is 3.49. The molecule has 1 aromatic carbocycles. The van der Waals surface area contributed by atoms with Crippen LogP contribution < -0.4 is 5.32 Å². The van der Waals surface area contributed by atoms with Gasteiger partial charge in [0.15, 0.2) is 5.65 Å². The lowest BCUT2D eigenvalue weighted by Crippen LogP contribution is -2.54. The molecule has 2 aromatic heterocycles. The van der Waals surface area contributed by atoms with Crippen LogP contribution >= 0.6 is 0 Å². The van der Waals surface area contributed by atoms with E-state index in [-0.39, 0.29) is 12.0 Å².